The summed E-state index contributed by atoms with van der Waals surface area (Å²) in [5, 5.41) is 88.7. The first-order valence-corrected chi connectivity index (χ1v) is 41.1. The van der Waals surface area contributed by atoms with Crippen LogP contribution in [0.3, 0.4) is 0 Å². The lowest BCUT2D eigenvalue weighted by atomic mass is 9.98. The molecule has 0 radical (unpaired) electrons. The maximum Gasteiger partial charge on any atom is 0.472 e. The standard InChI is InChI=1S/C63H119N6O34P3/c1-88-39-63(40-89-27-10-34-96-105(84,85)102-43-17-23-68(24-18-43)49(74)13-3-6-30-92-61-52(65)58(80)55(77)46(37-71)99-61,41-90-28-11-35-97-106(86,87)103-44-19-25-69(26-20-44)50(75)14-4-7-31-93-62-53(66)59(81)56(78)47(38-72)100-62)94-32-8-9-33-95-104(82,83)101-42-15-21-67(22-16-42)48(73)12-2-5-29-91-60-51(64)57(79)54(76)45(36-70)98-60/h42-47,51-62,70-72,76-81H,2-41,64-66H2,1H3,(H,82,83)(H,84,85)(H,86,87)/t45?,46?,47?,51-,52-,53-,54-,55-,56-,57?,58?,59?,60+,61+,62+,63?/m0/s1. The largest absolute Gasteiger partial charge is 0.472 e. The second-order valence-corrected chi connectivity index (χ2v) is 31.5. The molecule has 6 rings (SSSR count). The summed E-state index contributed by atoms with van der Waals surface area (Å²) in [6.07, 6.45) is -10.7. The van der Waals surface area contributed by atoms with E-state index in [-0.39, 0.29) is 213 Å². The molecule has 620 valence electrons. The number of hydrogen-bond acceptors (Lipinski definition) is 34. The van der Waals surface area contributed by atoms with Crippen molar-refractivity contribution in [3.8, 4) is 0 Å². The van der Waals surface area contributed by atoms with Crippen molar-refractivity contribution in [3.63, 3.8) is 0 Å². The topological polar surface area (TPSA) is 581 Å². The third-order valence-electron chi connectivity index (χ3n) is 18.9. The molecule has 43 heteroatoms. The number of carbonyl (C=O) groups is 3. The first kappa shape index (κ1) is 92.7. The molecule has 6 fully saturated rings. The van der Waals surface area contributed by atoms with Crippen LogP contribution < -0.4 is 17.2 Å². The lowest BCUT2D eigenvalue weighted by molar-refractivity contribution is -0.265. The summed E-state index contributed by atoms with van der Waals surface area (Å²) in [5.74, 6) is -0.371. The van der Waals surface area contributed by atoms with Gasteiger partial charge in [-0.3, -0.25) is 41.5 Å². The van der Waals surface area contributed by atoms with Gasteiger partial charge in [-0.15, -0.1) is 0 Å². The van der Waals surface area contributed by atoms with E-state index in [1.54, 1.807) is 14.7 Å². The quantitative estimate of drug-likeness (QED) is 0.0216. The number of nitrogens with zero attached hydrogens (tertiary/aromatic N) is 3. The molecular weight excluding hydrogens is 1480 g/mol. The number of likely N-dealkylation sites (tertiary alicyclic amines) is 3. The Morgan fingerprint density at radius 1 is 0.406 bits per heavy atom. The maximum absolute atomic E-state index is 13.0. The summed E-state index contributed by atoms with van der Waals surface area (Å²) < 4.78 is 129. The molecule has 6 saturated heterocycles. The highest BCUT2D eigenvalue weighted by atomic mass is 31.2. The van der Waals surface area contributed by atoms with Gasteiger partial charge in [0.25, 0.3) is 0 Å². The molecule has 0 saturated carbocycles. The zero-order valence-corrected chi connectivity index (χ0v) is 63.1. The van der Waals surface area contributed by atoms with Gasteiger partial charge in [0.15, 0.2) is 18.9 Å². The Hall–Kier alpha value is -2.14. The molecule has 18 atom stereocenters. The van der Waals surface area contributed by atoms with Gasteiger partial charge in [-0.25, -0.2) is 13.7 Å². The van der Waals surface area contributed by atoms with Gasteiger partial charge in [0.05, 0.1) is 95.9 Å². The van der Waals surface area contributed by atoms with Crippen molar-refractivity contribution < 1.29 is 163 Å². The number of methoxy groups -OCH3 is 1. The highest BCUT2D eigenvalue weighted by Crippen LogP contribution is 2.48. The van der Waals surface area contributed by atoms with Gasteiger partial charge in [-0.2, -0.15) is 0 Å². The molecule has 0 aromatic rings. The molecule has 0 aromatic heterocycles. The van der Waals surface area contributed by atoms with Crippen LogP contribution in [0.15, 0.2) is 0 Å². The number of nitrogens with two attached hydrogens (primary N) is 3. The molecule has 6 heterocycles. The fraction of sp³-hybridized carbons (Fsp3) is 0.952. The number of phosphoric acid groups is 3. The van der Waals surface area contributed by atoms with Gasteiger partial charge < -0.3 is 140 Å². The van der Waals surface area contributed by atoms with Crippen molar-refractivity contribution in [2.75, 3.05) is 145 Å². The van der Waals surface area contributed by atoms with Crippen molar-refractivity contribution in [1.29, 1.82) is 0 Å². The summed E-state index contributed by atoms with van der Waals surface area (Å²) in [6, 6.07) is -3.11. The van der Waals surface area contributed by atoms with Crippen LogP contribution in [0.1, 0.15) is 122 Å². The first-order valence-electron chi connectivity index (χ1n) is 36.6. The van der Waals surface area contributed by atoms with Gasteiger partial charge in [-0.05, 0) is 103 Å². The summed E-state index contributed by atoms with van der Waals surface area (Å²) in [5.41, 5.74) is 16.5. The second kappa shape index (κ2) is 47.5. The van der Waals surface area contributed by atoms with Crippen LogP contribution in [0.2, 0.25) is 0 Å². The van der Waals surface area contributed by atoms with Gasteiger partial charge >= 0.3 is 23.5 Å². The normalized spacial score (nSPS) is 30.6. The predicted octanol–water partition coefficient (Wildman–Crippen LogP) is -2.78. The van der Waals surface area contributed by atoms with Crippen LogP contribution >= 0.6 is 23.5 Å². The minimum atomic E-state index is -4.55. The van der Waals surface area contributed by atoms with Crippen molar-refractivity contribution in [2.24, 2.45) is 17.2 Å². The fourth-order valence-electron chi connectivity index (χ4n) is 12.6. The van der Waals surface area contributed by atoms with E-state index in [1.165, 1.54) is 7.11 Å². The number of phosphoric ester groups is 3. The highest BCUT2D eigenvalue weighted by molar-refractivity contribution is 7.48. The number of aliphatic hydroxyl groups excluding tert-OH is 9. The molecule has 0 spiro atoms. The zero-order chi connectivity index (χ0) is 77.5. The summed E-state index contributed by atoms with van der Waals surface area (Å²) >= 11 is 0. The molecular formula is C63H119N6O34P3. The van der Waals surface area contributed by atoms with Gasteiger partial charge in [0.1, 0.15) is 60.5 Å². The highest BCUT2D eigenvalue weighted by Gasteiger charge is 2.46. The van der Waals surface area contributed by atoms with Crippen LogP contribution in [0.5, 0.6) is 0 Å². The van der Waals surface area contributed by atoms with Crippen LogP contribution in [0.4, 0.5) is 0 Å². The maximum atomic E-state index is 13.0. The number of aliphatic hydroxyl groups is 9. The number of ether oxygens (including phenoxy) is 10. The molecule has 9 unspecified atom stereocenters. The Balaban J connectivity index is 0.877. The third kappa shape index (κ3) is 31.3. The molecule has 18 N–H and O–H groups in total. The van der Waals surface area contributed by atoms with E-state index in [2.05, 4.69) is 0 Å². The SMILES string of the molecule is COCC(COCCCOP(=O)(O)OC1CCN(C(=O)CCCCO[C@@H]2OC(CO)[C@H](O)C(O)[C@@H]2N)CC1)(COCCCOP(=O)(O)OC1CCN(C(=O)CCCCO[C@@H]2OC(CO)[C@H](O)C(O)[C@@H]2N)CC1)OCCCCOP(=O)(O)OC1CCN(C(=O)CCCCO[C@@H]2OC(CO)[C@H](O)C(O)[C@@H]2N)CC1. The predicted molar refractivity (Wildman–Crippen MR) is 367 cm³/mol. The van der Waals surface area contributed by atoms with Crippen molar-refractivity contribution in [1.82, 2.24) is 14.7 Å². The van der Waals surface area contributed by atoms with Crippen LogP contribution in [0.25, 0.3) is 0 Å². The molecule has 6 aliphatic heterocycles. The van der Waals surface area contributed by atoms with Crippen molar-refractivity contribution in [2.45, 2.75) is 238 Å². The minimum absolute atomic E-state index is 0.00177. The second-order valence-electron chi connectivity index (χ2n) is 27.3. The van der Waals surface area contributed by atoms with Crippen LogP contribution in [-0.2, 0) is 103 Å². The number of rotatable bonds is 50. The van der Waals surface area contributed by atoms with E-state index in [0.717, 1.165) is 0 Å². The van der Waals surface area contributed by atoms with Crippen molar-refractivity contribution in [3.05, 3.63) is 0 Å². The van der Waals surface area contributed by atoms with Crippen molar-refractivity contribution >= 4 is 41.2 Å². The number of piperidine rings is 3. The van der Waals surface area contributed by atoms with E-state index in [9.17, 15) is 88.7 Å². The Bertz CT molecular complexity index is 2380. The smallest absolute Gasteiger partial charge is 0.394 e. The number of carbonyl (C=O) groups excluding carboxylic acids is 3. The Kier molecular flexibility index (Phi) is 41.6. The van der Waals surface area contributed by atoms with Gasteiger partial charge in [0.2, 0.25) is 17.7 Å². The molecule has 3 amide bonds. The number of amides is 3. The van der Waals surface area contributed by atoms with E-state index in [0.29, 0.717) is 44.9 Å². The van der Waals surface area contributed by atoms with Crippen LogP contribution in [0, 0.1) is 0 Å². The molecule has 106 heavy (non-hydrogen) atoms. The average molecular weight is 1600 g/mol. The summed E-state index contributed by atoms with van der Waals surface area (Å²) in [6.45, 7) is -0.450. The fourth-order valence-corrected chi connectivity index (χ4v) is 15.7. The Labute approximate surface area is 617 Å². The third-order valence-corrected chi connectivity index (χ3v) is 22.2. The molecule has 0 aromatic carbocycles. The minimum Gasteiger partial charge on any atom is -0.394 e. The lowest BCUT2D eigenvalue weighted by Crippen LogP contribution is -2.62. The van der Waals surface area contributed by atoms with E-state index in [1.807, 2.05) is 0 Å². The monoisotopic (exact) mass is 1600 g/mol. The van der Waals surface area contributed by atoms with E-state index in [4.69, 9.17) is 91.7 Å². The van der Waals surface area contributed by atoms with Gasteiger partial charge in [0, 0.05) is 105 Å². The molecule has 6 aliphatic rings. The first-order chi connectivity index (χ1) is 50.5. The number of hydrogen-bond donors (Lipinski definition) is 15. The zero-order valence-electron chi connectivity index (χ0n) is 60.4. The summed E-state index contributed by atoms with van der Waals surface area (Å²) in [4.78, 5) is 75.7. The van der Waals surface area contributed by atoms with E-state index >= 15 is 0 Å². The lowest BCUT2D eigenvalue weighted by Gasteiger charge is -2.40. The Morgan fingerprint density at radius 2 is 0.689 bits per heavy atom. The van der Waals surface area contributed by atoms with Crippen LogP contribution in [-0.4, -0.2) is 354 Å². The van der Waals surface area contributed by atoms with E-state index < -0.39 is 159 Å². The molecule has 0 bridgehead atoms. The number of unbranched alkanes of at least 4 members (excludes halogenated alkanes) is 4. The average Bonchev–Trinajstić information content (AvgIpc) is 0.835. The summed E-state index contributed by atoms with van der Waals surface area (Å²) in [7, 11) is -12.2. The molecule has 0 aliphatic carbocycles. The Morgan fingerprint density at radius 3 is 0.981 bits per heavy atom. The molecule has 40 nitrogen and oxygen atoms in total. The van der Waals surface area contributed by atoms with Gasteiger partial charge in [-0.1, -0.05) is 0 Å².